The number of carbonyl (C=O) groups excluding carboxylic acids is 2. The summed E-state index contributed by atoms with van der Waals surface area (Å²) in [6.07, 6.45) is 6.05. The van der Waals surface area contributed by atoms with Crippen LogP contribution in [-0.4, -0.2) is 18.2 Å². The van der Waals surface area contributed by atoms with Crippen LogP contribution >= 0.6 is 0 Å². The Labute approximate surface area is 117 Å². The second kappa shape index (κ2) is 7.06. The predicted octanol–water partition coefficient (Wildman–Crippen LogP) is 3.32. The van der Waals surface area contributed by atoms with E-state index >= 15 is 0 Å². The van der Waals surface area contributed by atoms with E-state index in [1.807, 2.05) is 20.8 Å². The van der Waals surface area contributed by atoms with E-state index in [0.29, 0.717) is 13.0 Å². The third-order valence-electron chi connectivity index (χ3n) is 4.28. The number of carbonyl (C=O) groups is 2. The molecule has 1 saturated carbocycles. The van der Waals surface area contributed by atoms with E-state index in [2.05, 4.69) is 12.2 Å². The van der Waals surface area contributed by atoms with E-state index in [0.717, 1.165) is 18.8 Å². The predicted molar refractivity (Wildman–Crippen MR) is 77.8 cm³/mol. The van der Waals surface area contributed by atoms with Gasteiger partial charge in [-0.25, -0.2) is 0 Å². The molecule has 3 heteroatoms. The lowest BCUT2D eigenvalue weighted by molar-refractivity contribution is -0.127. The molecular weight excluding hydrogens is 238 g/mol. The molecule has 110 valence electrons. The van der Waals surface area contributed by atoms with Crippen LogP contribution in [0.1, 0.15) is 66.2 Å². The first-order chi connectivity index (χ1) is 8.84. The fourth-order valence-electron chi connectivity index (χ4n) is 2.65. The number of rotatable bonds is 5. The average Bonchev–Trinajstić information content (AvgIpc) is 2.37. The van der Waals surface area contributed by atoms with Crippen LogP contribution in [0.5, 0.6) is 0 Å². The van der Waals surface area contributed by atoms with Crippen LogP contribution in [0.25, 0.3) is 0 Å². The highest BCUT2D eigenvalue weighted by Crippen LogP contribution is 2.30. The second-order valence-electron chi connectivity index (χ2n) is 6.84. The Balaban J connectivity index is 2.24. The van der Waals surface area contributed by atoms with Crippen LogP contribution in [0.4, 0.5) is 0 Å². The molecule has 1 fully saturated rings. The summed E-state index contributed by atoms with van der Waals surface area (Å²) in [6, 6.07) is 0. The van der Waals surface area contributed by atoms with Gasteiger partial charge in [-0.15, -0.1) is 0 Å². The second-order valence-corrected chi connectivity index (χ2v) is 6.84. The van der Waals surface area contributed by atoms with Crippen molar-refractivity contribution >= 4 is 11.7 Å². The number of ketones is 1. The standard InChI is InChI=1S/C16H29NO2/c1-5-12-6-8-13(9-7-12)15(19)17-11-10-14(18)16(2,3)4/h12-13H,5-11H2,1-4H3,(H,17,19). The Morgan fingerprint density at radius 1 is 1.11 bits per heavy atom. The summed E-state index contributed by atoms with van der Waals surface area (Å²) in [6.45, 7) is 8.47. The summed E-state index contributed by atoms with van der Waals surface area (Å²) < 4.78 is 0. The zero-order chi connectivity index (χ0) is 14.5. The minimum absolute atomic E-state index is 0.149. The molecule has 19 heavy (non-hydrogen) atoms. The molecule has 0 aromatic rings. The van der Waals surface area contributed by atoms with Crippen LogP contribution in [0, 0.1) is 17.3 Å². The van der Waals surface area contributed by atoms with Crippen molar-refractivity contribution in [3.63, 3.8) is 0 Å². The van der Waals surface area contributed by atoms with Crippen molar-refractivity contribution in [2.24, 2.45) is 17.3 Å². The highest BCUT2D eigenvalue weighted by atomic mass is 16.2. The van der Waals surface area contributed by atoms with Crippen molar-refractivity contribution in [1.82, 2.24) is 5.32 Å². The minimum atomic E-state index is -0.302. The normalized spacial score (nSPS) is 24.0. The van der Waals surface area contributed by atoms with Gasteiger partial charge >= 0.3 is 0 Å². The third-order valence-corrected chi connectivity index (χ3v) is 4.28. The van der Waals surface area contributed by atoms with Crippen LogP contribution in [0.15, 0.2) is 0 Å². The molecule has 0 saturated heterocycles. The summed E-state index contributed by atoms with van der Waals surface area (Å²) in [5.41, 5.74) is -0.302. The van der Waals surface area contributed by atoms with E-state index < -0.39 is 0 Å². The van der Waals surface area contributed by atoms with Gasteiger partial charge < -0.3 is 5.32 Å². The molecule has 0 spiro atoms. The summed E-state index contributed by atoms with van der Waals surface area (Å²) in [5, 5.41) is 2.93. The molecule has 0 heterocycles. The molecule has 0 aromatic carbocycles. The fraction of sp³-hybridized carbons (Fsp3) is 0.875. The van der Waals surface area contributed by atoms with Gasteiger partial charge in [0.2, 0.25) is 5.91 Å². The lowest BCUT2D eigenvalue weighted by Crippen LogP contribution is -2.35. The van der Waals surface area contributed by atoms with E-state index in [-0.39, 0.29) is 23.0 Å². The van der Waals surface area contributed by atoms with Crippen molar-refractivity contribution in [2.75, 3.05) is 6.54 Å². The first kappa shape index (κ1) is 16.2. The van der Waals surface area contributed by atoms with Crippen molar-refractivity contribution < 1.29 is 9.59 Å². The highest BCUT2D eigenvalue weighted by molar-refractivity contribution is 5.84. The zero-order valence-corrected chi connectivity index (χ0v) is 12.9. The lowest BCUT2D eigenvalue weighted by atomic mass is 9.80. The van der Waals surface area contributed by atoms with Crippen molar-refractivity contribution in [2.45, 2.75) is 66.2 Å². The smallest absolute Gasteiger partial charge is 0.223 e. The van der Waals surface area contributed by atoms with Gasteiger partial charge in [-0.2, -0.15) is 0 Å². The van der Waals surface area contributed by atoms with Gasteiger partial charge in [0, 0.05) is 24.3 Å². The molecular formula is C16H29NO2. The van der Waals surface area contributed by atoms with E-state index in [9.17, 15) is 9.59 Å². The monoisotopic (exact) mass is 267 g/mol. The van der Waals surface area contributed by atoms with Crippen molar-refractivity contribution in [3.05, 3.63) is 0 Å². The number of nitrogens with one attached hydrogen (secondary N) is 1. The molecule has 0 atom stereocenters. The summed E-state index contributed by atoms with van der Waals surface area (Å²) >= 11 is 0. The summed E-state index contributed by atoms with van der Waals surface area (Å²) in [5.74, 6) is 1.35. The topological polar surface area (TPSA) is 46.2 Å². The molecule has 0 aromatic heterocycles. The van der Waals surface area contributed by atoms with Crippen LogP contribution in [-0.2, 0) is 9.59 Å². The lowest BCUT2D eigenvalue weighted by Gasteiger charge is -2.27. The molecule has 0 radical (unpaired) electrons. The Morgan fingerprint density at radius 2 is 1.68 bits per heavy atom. The summed E-state index contributed by atoms with van der Waals surface area (Å²) in [4.78, 5) is 23.8. The maximum Gasteiger partial charge on any atom is 0.223 e. The van der Waals surface area contributed by atoms with Gasteiger partial charge in [-0.05, 0) is 31.6 Å². The fourth-order valence-corrected chi connectivity index (χ4v) is 2.65. The molecule has 1 aliphatic rings. The molecule has 0 unspecified atom stereocenters. The van der Waals surface area contributed by atoms with E-state index in [4.69, 9.17) is 0 Å². The quantitative estimate of drug-likeness (QED) is 0.830. The number of amides is 1. The van der Waals surface area contributed by atoms with Gasteiger partial charge in [-0.3, -0.25) is 9.59 Å². The van der Waals surface area contributed by atoms with Crippen molar-refractivity contribution in [1.29, 1.82) is 0 Å². The Hall–Kier alpha value is -0.860. The first-order valence-corrected chi connectivity index (χ1v) is 7.65. The Bertz CT molecular complexity index is 309. The number of Topliss-reactive ketones (excluding diaryl/α,β-unsaturated/α-hetero) is 1. The first-order valence-electron chi connectivity index (χ1n) is 7.65. The van der Waals surface area contributed by atoms with E-state index in [1.54, 1.807) is 0 Å². The highest BCUT2D eigenvalue weighted by Gasteiger charge is 2.26. The molecule has 0 bridgehead atoms. The molecule has 1 N–H and O–H groups in total. The van der Waals surface area contributed by atoms with E-state index in [1.165, 1.54) is 19.3 Å². The number of hydrogen-bond donors (Lipinski definition) is 1. The van der Waals surface area contributed by atoms with Gasteiger partial charge in [0.25, 0.3) is 0 Å². The maximum atomic E-state index is 12.0. The van der Waals surface area contributed by atoms with Gasteiger partial charge in [0.05, 0.1) is 0 Å². The number of hydrogen-bond acceptors (Lipinski definition) is 2. The molecule has 1 aliphatic carbocycles. The maximum absolute atomic E-state index is 12.0. The summed E-state index contributed by atoms with van der Waals surface area (Å²) in [7, 11) is 0. The Morgan fingerprint density at radius 3 is 2.16 bits per heavy atom. The van der Waals surface area contributed by atoms with Gasteiger partial charge in [-0.1, -0.05) is 34.1 Å². The van der Waals surface area contributed by atoms with Gasteiger partial charge in [0.15, 0.2) is 0 Å². The largest absolute Gasteiger partial charge is 0.355 e. The molecule has 0 aliphatic heterocycles. The molecule has 1 amide bonds. The van der Waals surface area contributed by atoms with Crippen LogP contribution < -0.4 is 5.32 Å². The molecule has 3 nitrogen and oxygen atoms in total. The molecule has 1 rings (SSSR count). The van der Waals surface area contributed by atoms with Crippen LogP contribution in [0.2, 0.25) is 0 Å². The Kier molecular flexibility index (Phi) is 6.02. The minimum Gasteiger partial charge on any atom is -0.355 e. The SMILES string of the molecule is CCC1CCC(C(=O)NCCC(=O)C(C)(C)C)CC1. The van der Waals surface area contributed by atoms with Gasteiger partial charge in [0.1, 0.15) is 5.78 Å². The van der Waals surface area contributed by atoms with Crippen molar-refractivity contribution in [3.8, 4) is 0 Å². The third kappa shape index (κ3) is 5.33. The van der Waals surface area contributed by atoms with Crippen LogP contribution in [0.3, 0.4) is 0 Å². The average molecular weight is 267 g/mol. The zero-order valence-electron chi connectivity index (χ0n) is 12.9.